The molecule has 0 N–H and O–H groups in total. The van der Waals surface area contributed by atoms with Gasteiger partial charge in [-0.3, -0.25) is 4.79 Å². The molecule has 5 heteroatoms. The van der Waals surface area contributed by atoms with E-state index in [0.717, 1.165) is 38.0 Å². The van der Waals surface area contributed by atoms with Crippen molar-refractivity contribution in [2.75, 3.05) is 19.6 Å². The highest BCUT2D eigenvalue weighted by atomic mass is 16.1. The highest BCUT2D eigenvalue weighted by molar-refractivity contribution is 5.96. The summed E-state index contributed by atoms with van der Waals surface area (Å²) >= 11 is 0. The number of carbonyl (C=O) groups is 1. The summed E-state index contributed by atoms with van der Waals surface area (Å²) in [5, 5.41) is 4.23. The van der Waals surface area contributed by atoms with Gasteiger partial charge in [0.2, 0.25) is 0 Å². The van der Waals surface area contributed by atoms with Crippen LogP contribution in [0, 0.1) is 0 Å². The molecule has 1 aliphatic heterocycles. The fourth-order valence-corrected chi connectivity index (χ4v) is 2.88. The van der Waals surface area contributed by atoms with Gasteiger partial charge in [0, 0.05) is 25.1 Å². The van der Waals surface area contributed by atoms with E-state index < -0.39 is 0 Å². The Bertz CT molecular complexity index is 567. The van der Waals surface area contributed by atoms with Crippen molar-refractivity contribution in [3.63, 3.8) is 0 Å². The number of aromatic nitrogens is 3. The number of ketones is 1. The molecule has 0 bridgehead atoms. The molecule has 5 nitrogen and oxygen atoms in total. The summed E-state index contributed by atoms with van der Waals surface area (Å²) in [5.74, 6) is 0.221. The zero-order valence-corrected chi connectivity index (χ0v) is 12.1. The summed E-state index contributed by atoms with van der Waals surface area (Å²) in [7, 11) is 0. The minimum Gasteiger partial charge on any atom is -0.301 e. The van der Waals surface area contributed by atoms with Crippen molar-refractivity contribution in [2.45, 2.75) is 25.3 Å². The summed E-state index contributed by atoms with van der Waals surface area (Å²) in [5.41, 5.74) is 0.808. The predicted molar refractivity (Wildman–Crippen MR) is 80.1 cm³/mol. The van der Waals surface area contributed by atoms with Crippen LogP contribution in [0.5, 0.6) is 0 Å². The third-order valence-corrected chi connectivity index (χ3v) is 4.04. The third kappa shape index (κ3) is 3.55. The smallest absolute Gasteiger partial charge is 0.164 e. The Labute approximate surface area is 124 Å². The van der Waals surface area contributed by atoms with Gasteiger partial charge < -0.3 is 4.90 Å². The molecule has 0 spiro atoms. The molecular formula is C16H20N4O. The monoisotopic (exact) mass is 284 g/mol. The van der Waals surface area contributed by atoms with E-state index in [1.54, 1.807) is 12.7 Å². The van der Waals surface area contributed by atoms with Gasteiger partial charge in [0.15, 0.2) is 5.78 Å². The maximum absolute atomic E-state index is 12.1. The summed E-state index contributed by atoms with van der Waals surface area (Å²) in [6, 6.07) is 9.91. The van der Waals surface area contributed by atoms with E-state index in [0.29, 0.717) is 12.5 Å². The molecular weight excluding hydrogens is 264 g/mol. The second-order valence-corrected chi connectivity index (χ2v) is 5.51. The SMILES string of the molecule is O=C(CCN1CCCC(n2cncn2)C1)c1ccccc1. The molecule has 3 rings (SSSR count). The van der Waals surface area contributed by atoms with E-state index in [2.05, 4.69) is 15.0 Å². The molecule has 2 heterocycles. The predicted octanol–water partition coefficient (Wildman–Crippen LogP) is 2.19. The third-order valence-electron chi connectivity index (χ3n) is 4.04. The molecule has 2 aromatic rings. The summed E-state index contributed by atoms with van der Waals surface area (Å²) in [4.78, 5) is 18.5. The molecule has 1 aromatic heterocycles. The van der Waals surface area contributed by atoms with Gasteiger partial charge in [0.05, 0.1) is 6.04 Å². The lowest BCUT2D eigenvalue weighted by atomic mass is 10.0. The Morgan fingerprint density at radius 2 is 2.14 bits per heavy atom. The van der Waals surface area contributed by atoms with Gasteiger partial charge in [-0.25, -0.2) is 9.67 Å². The van der Waals surface area contributed by atoms with Crippen LogP contribution in [0.25, 0.3) is 0 Å². The van der Waals surface area contributed by atoms with Crippen LogP contribution in [0.4, 0.5) is 0 Å². The first-order valence-electron chi connectivity index (χ1n) is 7.47. The average molecular weight is 284 g/mol. The van der Waals surface area contributed by atoms with Crippen molar-refractivity contribution in [3.05, 3.63) is 48.5 Å². The number of rotatable bonds is 5. The van der Waals surface area contributed by atoms with Crippen LogP contribution in [0.3, 0.4) is 0 Å². The van der Waals surface area contributed by atoms with Crippen molar-refractivity contribution >= 4 is 5.78 Å². The molecule has 1 saturated heterocycles. The standard InChI is InChI=1S/C16H20N4O/c21-16(14-5-2-1-3-6-14)8-10-19-9-4-7-15(11-19)20-13-17-12-18-20/h1-3,5-6,12-13,15H,4,7-11H2. The number of piperidine rings is 1. The van der Waals surface area contributed by atoms with Crippen molar-refractivity contribution in [1.82, 2.24) is 19.7 Å². The van der Waals surface area contributed by atoms with Gasteiger partial charge in [-0.15, -0.1) is 0 Å². The van der Waals surface area contributed by atoms with E-state index >= 15 is 0 Å². The fourth-order valence-electron chi connectivity index (χ4n) is 2.88. The zero-order chi connectivity index (χ0) is 14.5. The Morgan fingerprint density at radius 3 is 2.90 bits per heavy atom. The van der Waals surface area contributed by atoms with E-state index in [1.165, 1.54) is 0 Å². The number of Topliss-reactive ketones (excluding diaryl/α,β-unsaturated/α-hetero) is 1. The van der Waals surface area contributed by atoms with Gasteiger partial charge in [-0.2, -0.15) is 5.10 Å². The Morgan fingerprint density at radius 1 is 1.29 bits per heavy atom. The topological polar surface area (TPSA) is 51.0 Å². The van der Waals surface area contributed by atoms with Crippen molar-refractivity contribution in [2.24, 2.45) is 0 Å². The minimum atomic E-state index is 0.221. The van der Waals surface area contributed by atoms with Gasteiger partial charge >= 0.3 is 0 Å². The summed E-state index contributed by atoms with van der Waals surface area (Å²) in [6.45, 7) is 2.83. The number of hydrogen-bond donors (Lipinski definition) is 0. The molecule has 1 aromatic carbocycles. The number of benzene rings is 1. The van der Waals surface area contributed by atoms with Gasteiger partial charge in [-0.1, -0.05) is 30.3 Å². The maximum Gasteiger partial charge on any atom is 0.164 e. The second-order valence-electron chi connectivity index (χ2n) is 5.51. The van der Waals surface area contributed by atoms with E-state index in [1.807, 2.05) is 35.0 Å². The zero-order valence-electron chi connectivity index (χ0n) is 12.1. The van der Waals surface area contributed by atoms with Crippen molar-refractivity contribution in [1.29, 1.82) is 0 Å². The van der Waals surface area contributed by atoms with Gasteiger partial charge in [0.25, 0.3) is 0 Å². The van der Waals surface area contributed by atoms with Crippen LogP contribution in [0.2, 0.25) is 0 Å². The number of nitrogens with zero attached hydrogens (tertiary/aromatic N) is 4. The highest BCUT2D eigenvalue weighted by Gasteiger charge is 2.22. The molecule has 0 amide bonds. The number of hydrogen-bond acceptors (Lipinski definition) is 4. The van der Waals surface area contributed by atoms with Gasteiger partial charge in [0.1, 0.15) is 12.7 Å². The Kier molecular flexibility index (Phi) is 4.40. The molecule has 21 heavy (non-hydrogen) atoms. The van der Waals surface area contributed by atoms with E-state index in [-0.39, 0.29) is 5.78 Å². The summed E-state index contributed by atoms with van der Waals surface area (Å²) in [6.07, 6.45) is 6.21. The lowest BCUT2D eigenvalue weighted by molar-refractivity contribution is 0.0945. The molecule has 0 radical (unpaired) electrons. The fraction of sp³-hybridized carbons (Fsp3) is 0.438. The van der Waals surface area contributed by atoms with Gasteiger partial charge in [-0.05, 0) is 19.4 Å². The minimum absolute atomic E-state index is 0.221. The number of likely N-dealkylation sites (tertiary alicyclic amines) is 1. The van der Waals surface area contributed by atoms with Crippen LogP contribution >= 0.6 is 0 Å². The quantitative estimate of drug-likeness (QED) is 0.790. The van der Waals surface area contributed by atoms with Crippen molar-refractivity contribution < 1.29 is 4.79 Å². The average Bonchev–Trinajstić information content (AvgIpc) is 3.08. The van der Waals surface area contributed by atoms with E-state index in [4.69, 9.17) is 0 Å². The second kappa shape index (κ2) is 6.63. The molecule has 1 atom stereocenters. The molecule has 1 fully saturated rings. The lowest BCUT2D eigenvalue weighted by Gasteiger charge is -2.32. The lowest BCUT2D eigenvalue weighted by Crippen LogP contribution is -2.38. The molecule has 0 saturated carbocycles. The molecule has 1 unspecified atom stereocenters. The largest absolute Gasteiger partial charge is 0.301 e. The van der Waals surface area contributed by atoms with Crippen LogP contribution in [-0.2, 0) is 0 Å². The van der Waals surface area contributed by atoms with Crippen LogP contribution < -0.4 is 0 Å². The Balaban J connectivity index is 1.52. The first kappa shape index (κ1) is 13.9. The van der Waals surface area contributed by atoms with E-state index in [9.17, 15) is 4.79 Å². The normalized spacial score (nSPS) is 19.5. The van der Waals surface area contributed by atoms with Crippen LogP contribution in [-0.4, -0.2) is 45.1 Å². The first-order valence-corrected chi connectivity index (χ1v) is 7.47. The highest BCUT2D eigenvalue weighted by Crippen LogP contribution is 2.20. The maximum atomic E-state index is 12.1. The molecule has 110 valence electrons. The molecule has 0 aliphatic carbocycles. The number of carbonyl (C=O) groups excluding carboxylic acids is 1. The summed E-state index contributed by atoms with van der Waals surface area (Å²) < 4.78 is 1.94. The van der Waals surface area contributed by atoms with Crippen molar-refractivity contribution in [3.8, 4) is 0 Å². The molecule has 1 aliphatic rings. The van der Waals surface area contributed by atoms with Crippen LogP contribution in [0.15, 0.2) is 43.0 Å². The first-order chi connectivity index (χ1) is 10.3. The van der Waals surface area contributed by atoms with Crippen LogP contribution in [0.1, 0.15) is 35.7 Å². The Hall–Kier alpha value is -2.01.